The average Bonchev–Trinajstić information content (AvgIpc) is 2.14. The molecule has 13 heavy (non-hydrogen) atoms. The van der Waals surface area contributed by atoms with E-state index < -0.39 is 5.97 Å². The van der Waals surface area contributed by atoms with Crippen molar-refractivity contribution in [1.29, 1.82) is 0 Å². The van der Waals surface area contributed by atoms with Crippen LogP contribution in [-0.2, 0) is 14.3 Å². The van der Waals surface area contributed by atoms with Gasteiger partial charge in [-0.3, -0.25) is 4.79 Å². The summed E-state index contributed by atoms with van der Waals surface area (Å²) < 4.78 is 10.6. The van der Waals surface area contributed by atoms with E-state index in [2.05, 4.69) is 0 Å². The SMILES string of the molecule is O=C(O)CCOCC1CCCCO1. The molecule has 4 heteroatoms. The van der Waals surface area contributed by atoms with E-state index in [1.54, 1.807) is 0 Å². The second kappa shape index (κ2) is 5.94. The van der Waals surface area contributed by atoms with E-state index in [9.17, 15) is 4.79 Å². The summed E-state index contributed by atoms with van der Waals surface area (Å²) in [5.74, 6) is -0.815. The van der Waals surface area contributed by atoms with Gasteiger partial charge >= 0.3 is 5.97 Å². The molecule has 1 heterocycles. The Morgan fingerprint density at radius 1 is 1.54 bits per heavy atom. The summed E-state index contributed by atoms with van der Waals surface area (Å²) in [5.41, 5.74) is 0. The fraction of sp³-hybridized carbons (Fsp3) is 0.889. The first kappa shape index (κ1) is 10.5. The largest absolute Gasteiger partial charge is 0.481 e. The van der Waals surface area contributed by atoms with Gasteiger partial charge in [0.2, 0.25) is 0 Å². The Labute approximate surface area is 77.8 Å². The number of ether oxygens (including phenoxy) is 2. The molecule has 1 saturated heterocycles. The van der Waals surface area contributed by atoms with E-state index in [0.717, 1.165) is 19.4 Å². The molecular weight excluding hydrogens is 172 g/mol. The molecule has 1 aliphatic rings. The molecule has 0 aliphatic carbocycles. The zero-order valence-electron chi connectivity index (χ0n) is 7.70. The number of carboxylic acids is 1. The molecule has 0 aromatic rings. The Morgan fingerprint density at radius 3 is 3.00 bits per heavy atom. The molecule has 1 atom stereocenters. The van der Waals surface area contributed by atoms with E-state index >= 15 is 0 Å². The van der Waals surface area contributed by atoms with Gasteiger partial charge in [0.05, 0.1) is 25.7 Å². The van der Waals surface area contributed by atoms with Crippen molar-refractivity contribution < 1.29 is 19.4 Å². The maximum atomic E-state index is 10.1. The van der Waals surface area contributed by atoms with Gasteiger partial charge in [-0.1, -0.05) is 0 Å². The molecule has 0 bridgehead atoms. The van der Waals surface area contributed by atoms with Crippen LogP contribution in [0.1, 0.15) is 25.7 Å². The van der Waals surface area contributed by atoms with Crippen molar-refractivity contribution in [3.63, 3.8) is 0 Å². The molecular formula is C9H16O4. The van der Waals surface area contributed by atoms with Gasteiger partial charge in [0, 0.05) is 6.61 Å². The van der Waals surface area contributed by atoms with Gasteiger partial charge in [0.1, 0.15) is 0 Å². The average molecular weight is 188 g/mol. The second-order valence-electron chi connectivity index (χ2n) is 3.21. The summed E-state index contributed by atoms with van der Waals surface area (Å²) >= 11 is 0. The lowest BCUT2D eigenvalue weighted by Crippen LogP contribution is -2.24. The van der Waals surface area contributed by atoms with E-state index in [1.165, 1.54) is 6.42 Å². The summed E-state index contributed by atoms with van der Waals surface area (Å²) in [6, 6.07) is 0. The highest BCUT2D eigenvalue weighted by Gasteiger charge is 2.13. The quantitative estimate of drug-likeness (QED) is 0.655. The molecule has 1 unspecified atom stereocenters. The lowest BCUT2D eigenvalue weighted by atomic mass is 10.1. The van der Waals surface area contributed by atoms with Gasteiger partial charge < -0.3 is 14.6 Å². The van der Waals surface area contributed by atoms with Crippen molar-refractivity contribution in [3.8, 4) is 0 Å². The molecule has 4 nitrogen and oxygen atoms in total. The van der Waals surface area contributed by atoms with Gasteiger partial charge in [-0.25, -0.2) is 0 Å². The molecule has 1 fully saturated rings. The third-order valence-corrected chi connectivity index (χ3v) is 2.04. The number of hydrogen-bond acceptors (Lipinski definition) is 3. The van der Waals surface area contributed by atoms with Crippen molar-refractivity contribution >= 4 is 5.97 Å². The van der Waals surface area contributed by atoms with Gasteiger partial charge in [0.15, 0.2) is 0 Å². The van der Waals surface area contributed by atoms with Gasteiger partial charge in [-0.2, -0.15) is 0 Å². The highest BCUT2D eigenvalue weighted by Crippen LogP contribution is 2.12. The Kier molecular flexibility index (Phi) is 4.78. The monoisotopic (exact) mass is 188 g/mol. The van der Waals surface area contributed by atoms with Crippen LogP contribution in [0.2, 0.25) is 0 Å². The topological polar surface area (TPSA) is 55.8 Å². The summed E-state index contributed by atoms with van der Waals surface area (Å²) in [6.07, 6.45) is 3.61. The molecule has 0 saturated carbocycles. The molecule has 0 aromatic carbocycles. The van der Waals surface area contributed by atoms with Crippen LogP contribution in [0, 0.1) is 0 Å². The van der Waals surface area contributed by atoms with E-state index in [-0.39, 0.29) is 19.1 Å². The standard InChI is InChI=1S/C9H16O4/c10-9(11)4-6-12-7-8-3-1-2-5-13-8/h8H,1-7H2,(H,10,11). The number of aliphatic carboxylic acids is 1. The fourth-order valence-corrected chi connectivity index (χ4v) is 1.31. The van der Waals surface area contributed by atoms with Crippen LogP contribution in [0.4, 0.5) is 0 Å². The summed E-state index contributed by atoms with van der Waals surface area (Å²) in [4.78, 5) is 10.1. The van der Waals surface area contributed by atoms with Gasteiger partial charge in [0.25, 0.3) is 0 Å². The highest BCUT2D eigenvalue weighted by molar-refractivity contribution is 5.66. The van der Waals surface area contributed by atoms with E-state index in [0.29, 0.717) is 6.61 Å². The minimum absolute atomic E-state index is 0.0761. The van der Waals surface area contributed by atoms with Crippen LogP contribution >= 0.6 is 0 Å². The molecule has 1 N–H and O–H groups in total. The van der Waals surface area contributed by atoms with Gasteiger partial charge in [-0.15, -0.1) is 0 Å². The minimum atomic E-state index is -0.815. The lowest BCUT2D eigenvalue weighted by Gasteiger charge is -2.22. The van der Waals surface area contributed by atoms with E-state index in [1.807, 2.05) is 0 Å². The van der Waals surface area contributed by atoms with Crippen molar-refractivity contribution in [1.82, 2.24) is 0 Å². The molecule has 0 radical (unpaired) electrons. The van der Waals surface area contributed by atoms with Gasteiger partial charge in [-0.05, 0) is 19.3 Å². The number of hydrogen-bond donors (Lipinski definition) is 1. The summed E-state index contributed by atoms with van der Waals surface area (Å²) in [6.45, 7) is 1.63. The summed E-state index contributed by atoms with van der Waals surface area (Å²) in [5, 5.41) is 8.34. The number of carbonyl (C=O) groups is 1. The van der Waals surface area contributed by atoms with Crippen molar-refractivity contribution in [2.24, 2.45) is 0 Å². The Bertz CT molecular complexity index is 152. The van der Waals surface area contributed by atoms with Crippen LogP contribution in [-0.4, -0.2) is 37.0 Å². The van der Waals surface area contributed by atoms with Crippen LogP contribution in [0.3, 0.4) is 0 Å². The Hall–Kier alpha value is -0.610. The minimum Gasteiger partial charge on any atom is -0.481 e. The first-order valence-electron chi connectivity index (χ1n) is 4.70. The van der Waals surface area contributed by atoms with Crippen molar-refractivity contribution in [2.75, 3.05) is 19.8 Å². The normalized spacial score (nSPS) is 22.9. The molecule has 1 rings (SSSR count). The zero-order valence-corrected chi connectivity index (χ0v) is 7.70. The smallest absolute Gasteiger partial charge is 0.305 e. The first-order valence-corrected chi connectivity index (χ1v) is 4.70. The molecule has 0 aromatic heterocycles. The summed E-state index contributed by atoms with van der Waals surface area (Å²) in [7, 11) is 0. The van der Waals surface area contributed by atoms with E-state index in [4.69, 9.17) is 14.6 Å². The van der Waals surface area contributed by atoms with Crippen LogP contribution in [0.25, 0.3) is 0 Å². The molecule has 0 spiro atoms. The van der Waals surface area contributed by atoms with Crippen LogP contribution in [0.15, 0.2) is 0 Å². The number of carboxylic acid groups (broad SMARTS) is 1. The predicted octanol–water partition coefficient (Wildman–Crippen LogP) is 1.05. The predicted molar refractivity (Wildman–Crippen MR) is 46.7 cm³/mol. The second-order valence-corrected chi connectivity index (χ2v) is 3.21. The number of rotatable bonds is 5. The Morgan fingerprint density at radius 2 is 2.38 bits per heavy atom. The fourth-order valence-electron chi connectivity index (χ4n) is 1.31. The maximum absolute atomic E-state index is 10.1. The highest BCUT2D eigenvalue weighted by atomic mass is 16.5. The molecule has 1 aliphatic heterocycles. The lowest BCUT2D eigenvalue weighted by molar-refractivity contribution is -0.138. The maximum Gasteiger partial charge on any atom is 0.305 e. The first-order chi connectivity index (χ1) is 6.29. The molecule has 76 valence electrons. The Balaban J connectivity index is 1.95. The van der Waals surface area contributed by atoms with Crippen molar-refractivity contribution in [2.45, 2.75) is 31.8 Å². The van der Waals surface area contributed by atoms with Crippen LogP contribution in [0.5, 0.6) is 0 Å². The molecule has 0 amide bonds. The van der Waals surface area contributed by atoms with Crippen molar-refractivity contribution in [3.05, 3.63) is 0 Å². The third kappa shape index (κ3) is 4.85. The zero-order chi connectivity index (χ0) is 9.52. The van der Waals surface area contributed by atoms with Crippen LogP contribution < -0.4 is 0 Å². The third-order valence-electron chi connectivity index (χ3n) is 2.04.